The number of hydrogen-bond acceptors (Lipinski definition) is 3. The van der Waals surface area contributed by atoms with Crippen molar-refractivity contribution in [1.29, 1.82) is 0 Å². The second-order valence-corrected chi connectivity index (χ2v) is 3.08. The zero-order valence-electron chi connectivity index (χ0n) is 8.04. The van der Waals surface area contributed by atoms with E-state index in [4.69, 9.17) is 9.47 Å². The summed E-state index contributed by atoms with van der Waals surface area (Å²) >= 11 is 0. The molecule has 0 unspecified atom stereocenters. The molecule has 1 rings (SSSR count). The number of amides is 1. The highest BCUT2D eigenvalue weighted by Gasteiger charge is 2.13. The summed E-state index contributed by atoms with van der Waals surface area (Å²) in [6.45, 7) is 3.69. The van der Waals surface area contributed by atoms with Gasteiger partial charge >= 0.3 is 0 Å². The van der Waals surface area contributed by atoms with Crippen LogP contribution in [0.15, 0.2) is 0 Å². The van der Waals surface area contributed by atoms with Crippen LogP contribution in [-0.4, -0.2) is 32.0 Å². The zero-order chi connectivity index (χ0) is 9.52. The average molecular weight is 187 g/mol. The molecule has 0 atom stereocenters. The van der Waals surface area contributed by atoms with E-state index < -0.39 is 0 Å². The predicted octanol–water partition coefficient (Wildman–Crippen LogP) is 0.666. The Morgan fingerprint density at radius 3 is 2.85 bits per heavy atom. The fourth-order valence-electron chi connectivity index (χ4n) is 1.21. The van der Waals surface area contributed by atoms with Crippen molar-refractivity contribution in [3.8, 4) is 0 Å². The first-order valence-electron chi connectivity index (χ1n) is 4.79. The highest BCUT2D eigenvalue weighted by atomic mass is 16.5. The van der Waals surface area contributed by atoms with E-state index in [-0.39, 0.29) is 12.0 Å². The van der Waals surface area contributed by atoms with Gasteiger partial charge in [-0.15, -0.1) is 0 Å². The lowest BCUT2D eigenvalue weighted by molar-refractivity contribution is -0.124. The Morgan fingerprint density at radius 1 is 1.54 bits per heavy atom. The zero-order valence-corrected chi connectivity index (χ0v) is 8.04. The van der Waals surface area contributed by atoms with E-state index >= 15 is 0 Å². The van der Waals surface area contributed by atoms with Crippen molar-refractivity contribution in [3.05, 3.63) is 0 Å². The smallest absolute Gasteiger partial charge is 0.221 e. The van der Waals surface area contributed by atoms with Gasteiger partial charge in [-0.1, -0.05) is 6.92 Å². The molecule has 4 heteroatoms. The molecule has 76 valence electrons. The summed E-state index contributed by atoms with van der Waals surface area (Å²) in [4.78, 5) is 10.8. The number of carbonyl (C=O) groups is 1. The van der Waals surface area contributed by atoms with Gasteiger partial charge < -0.3 is 14.8 Å². The summed E-state index contributed by atoms with van der Waals surface area (Å²) in [5.74, 6) is 0.0343. The van der Waals surface area contributed by atoms with E-state index in [2.05, 4.69) is 5.32 Å². The van der Waals surface area contributed by atoms with Crippen LogP contribution in [0.5, 0.6) is 0 Å². The van der Waals surface area contributed by atoms with Crippen LogP contribution in [0.2, 0.25) is 0 Å². The topological polar surface area (TPSA) is 47.6 Å². The van der Waals surface area contributed by atoms with Gasteiger partial charge in [-0.25, -0.2) is 0 Å². The lowest BCUT2D eigenvalue weighted by atomic mass is 10.2. The van der Waals surface area contributed by atoms with Crippen molar-refractivity contribution >= 4 is 5.91 Å². The molecule has 0 radical (unpaired) electrons. The minimum Gasteiger partial charge on any atom is -0.381 e. The lowest BCUT2D eigenvalue weighted by Crippen LogP contribution is -2.31. The van der Waals surface area contributed by atoms with Crippen LogP contribution in [0.4, 0.5) is 0 Å². The van der Waals surface area contributed by atoms with Gasteiger partial charge in [0, 0.05) is 19.6 Å². The Bertz CT molecular complexity index is 155. The standard InChI is InChI=1S/C9H17NO3/c1-2-9(11)10-7-13-8-3-5-12-6-4-8/h8H,2-7H2,1H3,(H,10,11). The molecule has 0 bridgehead atoms. The molecule has 1 amide bonds. The minimum atomic E-state index is 0.0343. The van der Waals surface area contributed by atoms with E-state index in [1.165, 1.54) is 0 Å². The van der Waals surface area contributed by atoms with Crippen molar-refractivity contribution in [1.82, 2.24) is 5.32 Å². The van der Waals surface area contributed by atoms with Gasteiger partial charge in [0.25, 0.3) is 0 Å². The fraction of sp³-hybridized carbons (Fsp3) is 0.889. The maximum Gasteiger partial charge on any atom is 0.221 e. The van der Waals surface area contributed by atoms with Gasteiger partial charge in [0.2, 0.25) is 5.91 Å². The first-order valence-corrected chi connectivity index (χ1v) is 4.79. The van der Waals surface area contributed by atoms with E-state index in [0.717, 1.165) is 26.1 Å². The van der Waals surface area contributed by atoms with Gasteiger partial charge in [-0.2, -0.15) is 0 Å². The number of rotatable bonds is 4. The largest absolute Gasteiger partial charge is 0.381 e. The minimum absolute atomic E-state index is 0.0343. The molecule has 1 fully saturated rings. The average Bonchev–Trinajstić information content (AvgIpc) is 2.19. The van der Waals surface area contributed by atoms with Gasteiger partial charge in [0.15, 0.2) is 0 Å². The van der Waals surface area contributed by atoms with Crippen LogP contribution in [0.3, 0.4) is 0 Å². The summed E-state index contributed by atoms with van der Waals surface area (Å²) in [6.07, 6.45) is 2.63. The molecular formula is C9H17NO3. The predicted molar refractivity (Wildman–Crippen MR) is 48.2 cm³/mol. The molecule has 0 spiro atoms. The van der Waals surface area contributed by atoms with Crippen LogP contribution in [0.1, 0.15) is 26.2 Å². The van der Waals surface area contributed by atoms with Gasteiger partial charge in [0.1, 0.15) is 6.73 Å². The lowest BCUT2D eigenvalue weighted by Gasteiger charge is -2.22. The van der Waals surface area contributed by atoms with Crippen LogP contribution in [-0.2, 0) is 14.3 Å². The molecule has 0 aromatic heterocycles. The Balaban J connectivity index is 2.01. The SMILES string of the molecule is CCC(=O)NCOC1CCOCC1. The number of nitrogens with one attached hydrogen (secondary N) is 1. The van der Waals surface area contributed by atoms with Gasteiger partial charge in [0.05, 0.1) is 6.10 Å². The maximum atomic E-state index is 10.8. The second kappa shape index (κ2) is 5.94. The molecule has 1 N–H and O–H groups in total. The summed E-state index contributed by atoms with van der Waals surface area (Å²) in [5.41, 5.74) is 0. The first kappa shape index (κ1) is 10.5. The monoisotopic (exact) mass is 187 g/mol. The van der Waals surface area contributed by atoms with Crippen molar-refractivity contribution in [2.45, 2.75) is 32.3 Å². The molecule has 13 heavy (non-hydrogen) atoms. The molecule has 0 aromatic carbocycles. The number of hydrogen-bond donors (Lipinski definition) is 1. The van der Waals surface area contributed by atoms with Gasteiger partial charge in [-0.3, -0.25) is 4.79 Å². The van der Waals surface area contributed by atoms with E-state index in [9.17, 15) is 4.79 Å². The number of carbonyl (C=O) groups excluding carboxylic acids is 1. The summed E-state index contributed by atoms with van der Waals surface area (Å²) in [6, 6.07) is 0. The van der Waals surface area contributed by atoms with E-state index in [1.807, 2.05) is 6.92 Å². The number of ether oxygens (including phenoxy) is 2. The Hall–Kier alpha value is -0.610. The summed E-state index contributed by atoms with van der Waals surface area (Å²) < 4.78 is 10.6. The molecule has 0 aliphatic carbocycles. The third-order valence-electron chi connectivity index (χ3n) is 2.08. The molecule has 1 aliphatic rings. The fourth-order valence-corrected chi connectivity index (χ4v) is 1.21. The van der Waals surface area contributed by atoms with Crippen LogP contribution in [0.25, 0.3) is 0 Å². The molecule has 1 aliphatic heterocycles. The molecule has 0 aromatic rings. The highest BCUT2D eigenvalue weighted by Crippen LogP contribution is 2.09. The van der Waals surface area contributed by atoms with Crippen molar-refractivity contribution < 1.29 is 14.3 Å². The molecular weight excluding hydrogens is 170 g/mol. The van der Waals surface area contributed by atoms with Crippen molar-refractivity contribution in [2.75, 3.05) is 19.9 Å². The quantitative estimate of drug-likeness (QED) is 0.658. The van der Waals surface area contributed by atoms with E-state index in [1.54, 1.807) is 0 Å². The first-order chi connectivity index (χ1) is 6.33. The van der Waals surface area contributed by atoms with Crippen molar-refractivity contribution in [3.63, 3.8) is 0 Å². The van der Waals surface area contributed by atoms with Crippen molar-refractivity contribution in [2.24, 2.45) is 0 Å². The summed E-state index contributed by atoms with van der Waals surface area (Å²) in [7, 11) is 0. The molecule has 1 heterocycles. The van der Waals surface area contributed by atoms with E-state index in [0.29, 0.717) is 13.2 Å². The Kier molecular flexibility index (Phi) is 4.78. The third kappa shape index (κ3) is 4.24. The molecule has 1 saturated heterocycles. The Labute approximate surface area is 78.6 Å². The molecule has 0 saturated carbocycles. The molecule has 4 nitrogen and oxygen atoms in total. The second-order valence-electron chi connectivity index (χ2n) is 3.08. The highest BCUT2D eigenvalue weighted by molar-refractivity contribution is 5.75. The van der Waals surface area contributed by atoms with Crippen LogP contribution in [0, 0.1) is 0 Å². The van der Waals surface area contributed by atoms with Gasteiger partial charge in [-0.05, 0) is 12.8 Å². The van der Waals surface area contributed by atoms with Crippen LogP contribution < -0.4 is 5.32 Å². The van der Waals surface area contributed by atoms with Crippen LogP contribution >= 0.6 is 0 Å². The third-order valence-corrected chi connectivity index (χ3v) is 2.08. The Morgan fingerprint density at radius 2 is 2.23 bits per heavy atom. The maximum absolute atomic E-state index is 10.8. The summed E-state index contributed by atoms with van der Waals surface area (Å²) in [5, 5.41) is 2.68. The normalized spacial score (nSPS) is 18.5.